The summed E-state index contributed by atoms with van der Waals surface area (Å²) < 4.78 is 57.4. The smallest absolute Gasteiger partial charge is 0.496 e. The van der Waals surface area contributed by atoms with Gasteiger partial charge in [-0.2, -0.15) is 0 Å². The number of sulfone groups is 1. The van der Waals surface area contributed by atoms with E-state index in [4.69, 9.17) is 14.0 Å². The second-order valence-corrected chi connectivity index (χ2v) is 11.3. The van der Waals surface area contributed by atoms with E-state index >= 15 is 0 Å². The monoisotopic (exact) mass is 434 g/mol. The van der Waals surface area contributed by atoms with Crippen LogP contribution in [0.3, 0.4) is 0 Å². The number of ether oxygens (including phenoxy) is 1. The third-order valence-corrected chi connectivity index (χ3v) is 8.11. The molecule has 0 radical (unpaired) electrons. The van der Waals surface area contributed by atoms with Crippen molar-refractivity contribution < 1.29 is 26.9 Å². The third-order valence-electron chi connectivity index (χ3n) is 5.94. The van der Waals surface area contributed by atoms with Gasteiger partial charge in [-0.1, -0.05) is 18.2 Å². The van der Waals surface area contributed by atoms with E-state index in [2.05, 4.69) is 0 Å². The van der Waals surface area contributed by atoms with Crippen LogP contribution in [0.15, 0.2) is 41.3 Å². The predicted octanol–water partition coefficient (Wildman–Crippen LogP) is 3.98. The maximum atomic E-state index is 14.9. The number of hydrogen-bond donors (Lipinski definition) is 0. The van der Waals surface area contributed by atoms with Crippen LogP contribution < -0.4 is 10.2 Å². The third kappa shape index (κ3) is 3.77. The molecule has 162 valence electrons. The minimum atomic E-state index is -3.41. The first-order valence-electron chi connectivity index (χ1n) is 9.88. The Morgan fingerprint density at radius 2 is 1.50 bits per heavy atom. The summed E-state index contributed by atoms with van der Waals surface area (Å²) >= 11 is 0. The topological polar surface area (TPSA) is 61.8 Å². The minimum absolute atomic E-state index is 0.197. The highest BCUT2D eigenvalue weighted by atomic mass is 32.2. The highest BCUT2D eigenvalue weighted by molar-refractivity contribution is 7.92. The van der Waals surface area contributed by atoms with E-state index in [9.17, 15) is 12.8 Å². The molecular weight excluding hydrogens is 406 g/mol. The van der Waals surface area contributed by atoms with Crippen molar-refractivity contribution in [3.05, 3.63) is 42.2 Å². The standard InChI is InChI=1S/C22H28BFO5S/c1-14(2)30(25,26)16-10-8-15(9-11-16)19-18(24)13-12-17(20(19)27-7)23-28-21(3,4)22(5,6)29-23/h8-14H,1-7H3. The highest BCUT2D eigenvalue weighted by Crippen LogP contribution is 2.39. The van der Waals surface area contributed by atoms with E-state index in [1.54, 1.807) is 32.0 Å². The Morgan fingerprint density at radius 3 is 1.97 bits per heavy atom. The maximum Gasteiger partial charge on any atom is 0.498 e. The van der Waals surface area contributed by atoms with Gasteiger partial charge in [-0.15, -0.1) is 0 Å². The minimum Gasteiger partial charge on any atom is -0.496 e. The van der Waals surface area contributed by atoms with Gasteiger partial charge >= 0.3 is 7.12 Å². The normalized spacial score (nSPS) is 18.1. The maximum absolute atomic E-state index is 14.9. The fourth-order valence-corrected chi connectivity index (χ4v) is 4.36. The Labute approximate surface area is 178 Å². The lowest BCUT2D eigenvalue weighted by molar-refractivity contribution is 0.00578. The van der Waals surface area contributed by atoms with Crippen molar-refractivity contribution in [2.24, 2.45) is 0 Å². The van der Waals surface area contributed by atoms with Gasteiger partial charge in [0.25, 0.3) is 0 Å². The first-order valence-corrected chi connectivity index (χ1v) is 11.4. The fraction of sp³-hybridized carbons (Fsp3) is 0.455. The van der Waals surface area contributed by atoms with E-state index < -0.39 is 39.2 Å². The molecule has 2 aromatic rings. The van der Waals surface area contributed by atoms with Gasteiger partial charge in [0.15, 0.2) is 9.84 Å². The van der Waals surface area contributed by atoms with Crippen LogP contribution in [0.4, 0.5) is 4.39 Å². The predicted molar refractivity (Wildman–Crippen MR) is 116 cm³/mol. The number of benzene rings is 2. The van der Waals surface area contributed by atoms with Crippen molar-refractivity contribution >= 4 is 22.4 Å². The Hall–Kier alpha value is -1.90. The lowest BCUT2D eigenvalue weighted by atomic mass is 9.76. The van der Waals surface area contributed by atoms with Crippen molar-refractivity contribution in [1.82, 2.24) is 0 Å². The summed E-state index contributed by atoms with van der Waals surface area (Å²) in [6.45, 7) is 11.0. The highest BCUT2D eigenvalue weighted by Gasteiger charge is 2.52. The Bertz CT molecular complexity index is 1030. The van der Waals surface area contributed by atoms with E-state index in [1.165, 1.54) is 25.3 Å². The molecule has 0 spiro atoms. The zero-order valence-corrected chi connectivity index (χ0v) is 19.3. The molecule has 0 aliphatic carbocycles. The lowest BCUT2D eigenvalue weighted by Crippen LogP contribution is -2.41. The van der Waals surface area contributed by atoms with E-state index in [-0.39, 0.29) is 10.5 Å². The molecule has 0 unspecified atom stereocenters. The van der Waals surface area contributed by atoms with Gasteiger partial charge in [-0.05, 0) is 65.3 Å². The van der Waals surface area contributed by atoms with Crippen LogP contribution in [0.1, 0.15) is 41.5 Å². The number of rotatable bonds is 5. The average Bonchev–Trinajstić information content (AvgIpc) is 2.88. The summed E-state index contributed by atoms with van der Waals surface area (Å²) in [5.74, 6) is -0.181. The average molecular weight is 434 g/mol. The molecule has 0 bridgehead atoms. The second kappa shape index (κ2) is 7.66. The van der Waals surface area contributed by atoms with E-state index in [1.807, 2.05) is 27.7 Å². The summed E-state index contributed by atoms with van der Waals surface area (Å²) in [4.78, 5) is 0.197. The molecule has 0 aromatic heterocycles. The van der Waals surface area contributed by atoms with Gasteiger partial charge < -0.3 is 14.0 Å². The van der Waals surface area contributed by atoms with Gasteiger partial charge in [0.05, 0.1) is 34.0 Å². The summed E-state index contributed by atoms with van der Waals surface area (Å²) in [5.41, 5.74) is 0.212. The fourth-order valence-electron chi connectivity index (χ4n) is 3.30. The molecular formula is C22H28BFO5S. The molecule has 0 N–H and O–H groups in total. The summed E-state index contributed by atoms with van der Waals surface area (Å²) in [6, 6.07) is 9.10. The summed E-state index contributed by atoms with van der Waals surface area (Å²) in [7, 11) is -2.67. The molecule has 0 atom stereocenters. The van der Waals surface area contributed by atoms with Gasteiger partial charge in [-0.25, -0.2) is 12.8 Å². The van der Waals surface area contributed by atoms with Gasteiger partial charge in [0.2, 0.25) is 0 Å². The van der Waals surface area contributed by atoms with Crippen LogP contribution in [0.2, 0.25) is 0 Å². The van der Waals surface area contributed by atoms with E-state index in [0.717, 1.165) is 0 Å². The number of methoxy groups -OCH3 is 1. The van der Waals surface area contributed by atoms with Crippen molar-refractivity contribution in [2.45, 2.75) is 62.9 Å². The molecule has 1 heterocycles. The molecule has 2 aromatic carbocycles. The quantitative estimate of drug-likeness (QED) is 0.667. The van der Waals surface area contributed by atoms with Crippen LogP contribution in [0.5, 0.6) is 5.75 Å². The molecule has 0 saturated carbocycles. The Kier molecular flexibility index (Phi) is 5.82. The molecule has 3 rings (SSSR count). The molecule has 1 aliphatic heterocycles. The molecule has 1 fully saturated rings. The van der Waals surface area contributed by atoms with Crippen LogP contribution in [0, 0.1) is 5.82 Å². The van der Waals surface area contributed by atoms with Crippen molar-refractivity contribution in [3.8, 4) is 16.9 Å². The van der Waals surface area contributed by atoms with Crippen LogP contribution in [0.25, 0.3) is 11.1 Å². The molecule has 8 heteroatoms. The largest absolute Gasteiger partial charge is 0.498 e. The van der Waals surface area contributed by atoms with Gasteiger partial charge in [-0.3, -0.25) is 0 Å². The van der Waals surface area contributed by atoms with E-state index in [0.29, 0.717) is 16.8 Å². The Morgan fingerprint density at radius 1 is 0.967 bits per heavy atom. The molecule has 1 saturated heterocycles. The summed E-state index contributed by atoms with van der Waals surface area (Å²) in [5, 5.41) is -0.540. The zero-order valence-electron chi connectivity index (χ0n) is 18.4. The zero-order chi connectivity index (χ0) is 22.5. The Balaban J connectivity index is 2.08. The SMILES string of the molecule is COc1c(B2OC(C)(C)C(C)(C)O2)ccc(F)c1-c1ccc(S(=O)(=O)C(C)C)cc1. The van der Waals surface area contributed by atoms with Crippen LogP contribution in [-0.2, 0) is 19.1 Å². The van der Waals surface area contributed by atoms with Crippen molar-refractivity contribution in [1.29, 1.82) is 0 Å². The van der Waals surface area contributed by atoms with Gasteiger partial charge in [0, 0.05) is 5.46 Å². The lowest BCUT2D eigenvalue weighted by Gasteiger charge is -2.32. The van der Waals surface area contributed by atoms with Crippen molar-refractivity contribution in [2.75, 3.05) is 7.11 Å². The first-order chi connectivity index (χ1) is 13.8. The number of hydrogen-bond acceptors (Lipinski definition) is 5. The molecule has 5 nitrogen and oxygen atoms in total. The molecule has 30 heavy (non-hydrogen) atoms. The van der Waals surface area contributed by atoms with Crippen LogP contribution in [-0.4, -0.2) is 39.1 Å². The first kappa shape index (κ1) is 22.8. The second-order valence-electron chi connectivity index (χ2n) is 8.75. The molecule has 0 amide bonds. The molecule has 1 aliphatic rings. The summed E-state index contributed by atoms with van der Waals surface area (Å²) in [6.07, 6.45) is 0. The van der Waals surface area contributed by atoms with Crippen molar-refractivity contribution in [3.63, 3.8) is 0 Å². The van der Waals surface area contributed by atoms with Gasteiger partial charge in [0.1, 0.15) is 11.6 Å². The number of halogens is 1. The van der Waals surface area contributed by atoms with Crippen LogP contribution >= 0.6 is 0 Å².